The van der Waals surface area contributed by atoms with Crippen LogP contribution in [0.2, 0.25) is 0 Å². The van der Waals surface area contributed by atoms with Crippen molar-refractivity contribution in [2.45, 2.75) is 13.5 Å². The maximum absolute atomic E-state index is 5.50. The number of hydrogen-bond donors (Lipinski definition) is 3. The van der Waals surface area contributed by atoms with Crippen LogP contribution in [0, 0.1) is 5.92 Å². The van der Waals surface area contributed by atoms with Crippen molar-refractivity contribution in [1.29, 1.82) is 0 Å². The van der Waals surface area contributed by atoms with Gasteiger partial charge in [0.2, 0.25) is 0 Å². The molecule has 0 aliphatic carbocycles. The number of hydrogen-bond acceptors (Lipinski definition) is 2. The largest absolute Gasteiger partial charge is 0.384 e. The van der Waals surface area contributed by atoms with Gasteiger partial charge in [-0.15, -0.1) is 0 Å². The van der Waals surface area contributed by atoms with Crippen molar-refractivity contribution in [2.24, 2.45) is 11.7 Å². The van der Waals surface area contributed by atoms with E-state index in [9.17, 15) is 0 Å². The molecule has 1 atom stereocenters. The first kappa shape index (κ1) is 10.7. The van der Waals surface area contributed by atoms with Crippen molar-refractivity contribution in [3.8, 4) is 0 Å². The Morgan fingerprint density at radius 2 is 2.07 bits per heavy atom. The lowest BCUT2D eigenvalue weighted by Crippen LogP contribution is -2.35. The summed E-state index contributed by atoms with van der Waals surface area (Å²) in [7, 11) is 0. The van der Waals surface area contributed by atoms with Crippen molar-refractivity contribution in [3.05, 3.63) is 29.8 Å². The van der Waals surface area contributed by atoms with Crippen LogP contribution in [0.4, 0.5) is 5.69 Å². The van der Waals surface area contributed by atoms with E-state index in [0.717, 1.165) is 17.8 Å². The SMILES string of the molecule is CC(C=[NH2+])CNc1ccc(CN)cc1. The van der Waals surface area contributed by atoms with Gasteiger partial charge in [-0.05, 0) is 17.7 Å². The highest BCUT2D eigenvalue weighted by Gasteiger charge is 1.99. The minimum Gasteiger partial charge on any atom is -0.384 e. The summed E-state index contributed by atoms with van der Waals surface area (Å²) in [5, 5.41) is 8.69. The van der Waals surface area contributed by atoms with Gasteiger partial charge >= 0.3 is 0 Å². The fraction of sp³-hybridized carbons (Fsp3) is 0.364. The summed E-state index contributed by atoms with van der Waals surface area (Å²) in [6, 6.07) is 8.12. The Hall–Kier alpha value is -1.35. The van der Waals surface area contributed by atoms with E-state index in [1.165, 1.54) is 0 Å². The highest BCUT2D eigenvalue weighted by atomic mass is 14.9. The van der Waals surface area contributed by atoms with Crippen LogP contribution in [0.1, 0.15) is 12.5 Å². The first-order valence-electron chi connectivity index (χ1n) is 4.84. The van der Waals surface area contributed by atoms with Gasteiger partial charge in [-0.1, -0.05) is 19.1 Å². The van der Waals surface area contributed by atoms with E-state index in [1.54, 1.807) is 6.21 Å². The Morgan fingerprint density at radius 3 is 2.57 bits per heavy atom. The molecule has 0 bridgehead atoms. The van der Waals surface area contributed by atoms with Crippen LogP contribution in [-0.4, -0.2) is 12.8 Å². The zero-order valence-electron chi connectivity index (χ0n) is 8.53. The van der Waals surface area contributed by atoms with Crippen molar-refractivity contribution < 1.29 is 5.41 Å². The van der Waals surface area contributed by atoms with Crippen molar-refractivity contribution in [2.75, 3.05) is 11.9 Å². The van der Waals surface area contributed by atoms with Crippen molar-refractivity contribution >= 4 is 11.9 Å². The van der Waals surface area contributed by atoms with Crippen molar-refractivity contribution in [1.82, 2.24) is 0 Å². The van der Waals surface area contributed by atoms with Gasteiger partial charge in [-0.2, -0.15) is 0 Å². The maximum atomic E-state index is 5.50. The summed E-state index contributed by atoms with van der Waals surface area (Å²) in [5.41, 5.74) is 7.76. The maximum Gasteiger partial charge on any atom is 0.140 e. The standard InChI is InChI=1S/C11H17N3/c1-9(6-12)8-14-11-4-2-10(7-13)3-5-11/h2-6,9,12,14H,7-8,13H2,1H3/p+1. The third kappa shape index (κ3) is 3.18. The summed E-state index contributed by atoms with van der Waals surface area (Å²) in [5.74, 6) is 0.379. The number of nitrogens with one attached hydrogen (secondary N) is 1. The van der Waals surface area contributed by atoms with Gasteiger partial charge in [0.1, 0.15) is 6.21 Å². The molecule has 1 aromatic carbocycles. The van der Waals surface area contributed by atoms with Crippen molar-refractivity contribution in [3.63, 3.8) is 0 Å². The summed E-state index contributed by atoms with van der Waals surface area (Å²) >= 11 is 0. The number of benzene rings is 1. The Morgan fingerprint density at radius 1 is 1.43 bits per heavy atom. The molecule has 0 saturated carbocycles. The smallest absolute Gasteiger partial charge is 0.140 e. The minimum absolute atomic E-state index is 0.379. The van der Waals surface area contributed by atoms with Crippen LogP contribution in [-0.2, 0) is 6.54 Å². The molecule has 0 radical (unpaired) electrons. The molecule has 0 saturated heterocycles. The lowest BCUT2D eigenvalue weighted by atomic mass is 10.2. The van der Waals surface area contributed by atoms with Crippen LogP contribution < -0.4 is 16.5 Å². The lowest BCUT2D eigenvalue weighted by Gasteiger charge is -2.07. The average molecular weight is 192 g/mol. The molecule has 76 valence electrons. The van der Waals surface area contributed by atoms with Gasteiger partial charge in [-0.25, -0.2) is 0 Å². The molecule has 0 amide bonds. The zero-order chi connectivity index (χ0) is 10.4. The Bertz CT molecular complexity index is 279. The van der Waals surface area contributed by atoms with E-state index in [4.69, 9.17) is 11.1 Å². The fourth-order valence-corrected chi connectivity index (χ4v) is 1.11. The topological polar surface area (TPSA) is 63.6 Å². The van der Waals surface area contributed by atoms with E-state index in [-0.39, 0.29) is 0 Å². The third-order valence-electron chi connectivity index (χ3n) is 2.15. The monoisotopic (exact) mass is 192 g/mol. The molecule has 0 aliphatic rings. The van der Waals surface area contributed by atoms with E-state index in [0.29, 0.717) is 12.5 Å². The Labute approximate surface area is 84.8 Å². The van der Waals surface area contributed by atoms with E-state index < -0.39 is 0 Å². The van der Waals surface area contributed by atoms with Crippen LogP contribution in [0.15, 0.2) is 24.3 Å². The summed E-state index contributed by atoms with van der Waals surface area (Å²) < 4.78 is 0. The van der Waals surface area contributed by atoms with Crippen LogP contribution in [0.25, 0.3) is 0 Å². The first-order chi connectivity index (χ1) is 6.76. The normalized spacial score (nSPS) is 12.1. The lowest BCUT2D eigenvalue weighted by molar-refractivity contribution is -0.110. The van der Waals surface area contributed by atoms with Gasteiger partial charge in [0.15, 0.2) is 0 Å². The summed E-state index contributed by atoms with van der Waals surface area (Å²) in [6.45, 7) is 3.52. The molecule has 0 aliphatic heterocycles. The van der Waals surface area contributed by atoms with E-state index in [2.05, 4.69) is 12.2 Å². The van der Waals surface area contributed by atoms with Gasteiger partial charge in [0.05, 0.1) is 5.92 Å². The molecule has 0 aromatic heterocycles. The average Bonchev–Trinajstić information content (AvgIpc) is 2.26. The molecule has 3 heteroatoms. The predicted molar refractivity (Wildman–Crippen MR) is 60.0 cm³/mol. The highest BCUT2D eigenvalue weighted by molar-refractivity contribution is 5.55. The molecule has 1 rings (SSSR count). The quantitative estimate of drug-likeness (QED) is 0.576. The minimum atomic E-state index is 0.379. The molecule has 0 heterocycles. The predicted octanol–water partition coefficient (Wildman–Crippen LogP) is 0.0232. The fourth-order valence-electron chi connectivity index (χ4n) is 1.11. The molecule has 0 fully saturated rings. The number of anilines is 1. The zero-order valence-corrected chi connectivity index (χ0v) is 8.53. The summed E-state index contributed by atoms with van der Waals surface area (Å²) in [6.07, 6.45) is 1.70. The van der Waals surface area contributed by atoms with E-state index >= 15 is 0 Å². The first-order valence-corrected chi connectivity index (χ1v) is 4.84. The second-order valence-corrected chi connectivity index (χ2v) is 3.45. The second-order valence-electron chi connectivity index (χ2n) is 3.45. The molecular weight excluding hydrogens is 174 g/mol. The second kappa shape index (κ2) is 5.40. The van der Waals surface area contributed by atoms with Gasteiger partial charge in [0.25, 0.3) is 0 Å². The van der Waals surface area contributed by atoms with Crippen LogP contribution in [0.3, 0.4) is 0 Å². The van der Waals surface area contributed by atoms with E-state index in [1.807, 2.05) is 24.3 Å². The Balaban J connectivity index is 2.47. The molecule has 0 spiro atoms. The molecule has 1 unspecified atom stereocenters. The summed E-state index contributed by atoms with van der Waals surface area (Å²) in [4.78, 5) is 0. The molecule has 3 nitrogen and oxygen atoms in total. The molecular formula is C11H18N3+. The molecule has 14 heavy (non-hydrogen) atoms. The molecule has 1 aromatic rings. The van der Waals surface area contributed by atoms with Gasteiger partial charge in [-0.3, -0.25) is 5.41 Å². The van der Waals surface area contributed by atoms with Crippen LogP contribution in [0.5, 0.6) is 0 Å². The Kier molecular flexibility index (Phi) is 4.13. The van der Waals surface area contributed by atoms with Gasteiger partial charge in [0, 0.05) is 18.8 Å². The van der Waals surface area contributed by atoms with Crippen LogP contribution >= 0.6 is 0 Å². The number of rotatable bonds is 5. The molecule has 5 N–H and O–H groups in total. The highest BCUT2D eigenvalue weighted by Crippen LogP contribution is 2.09. The number of nitrogens with two attached hydrogens (primary N) is 2. The van der Waals surface area contributed by atoms with Gasteiger partial charge < -0.3 is 11.1 Å². The third-order valence-corrected chi connectivity index (χ3v) is 2.15.